The highest BCUT2D eigenvalue weighted by Gasteiger charge is 2.19. The van der Waals surface area contributed by atoms with E-state index in [1.54, 1.807) is 0 Å². The summed E-state index contributed by atoms with van der Waals surface area (Å²) in [6.45, 7) is 0. The third-order valence-corrected chi connectivity index (χ3v) is 2.94. The Bertz CT molecular complexity index is 279. The first kappa shape index (κ1) is 8.71. The third kappa shape index (κ3) is 2.28. The van der Waals surface area contributed by atoms with Crippen LogP contribution in [0.25, 0.3) is 0 Å². The molecule has 0 aliphatic heterocycles. The first-order chi connectivity index (χ1) is 6.47. The Hall–Kier alpha value is -0.880. The maximum Gasteiger partial charge on any atom is 0.0340 e. The zero-order valence-corrected chi connectivity index (χ0v) is 8.10. The molecule has 0 fully saturated rings. The Balaban J connectivity index is 2.02. The Morgan fingerprint density at radius 2 is 1.31 bits per heavy atom. The minimum absolute atomic E-state index is 0.593. The molecule has 0 amide bonds. The summed E-state index contributed by atoms with van der Waals surface area (Å²) in [6.07, 6.45) is 8.70. The van der Waals surface area contributed by atoms with Gasteiger partial charge in [-0.25, -0.2) is 0 Å². The lowest BCUT2D eigenvalue weighted by atomic mass is 9.84. The highest BCUT2D eigenvalue weighted by molar-refractivity contribution is 5.16. The lowest BCUT2D eigenvalue weighted by Crippen LogP contribution is -2.13. The zero-order chi connectivity index (χ0) is 8.93. The molecule has 0 spiro atoms. The fraction of sp³-hybridized carbons (Fsp3) is 0.692. The number of rotatable bonds is 1. The van der Waals surface area contributed by atoms with E-state index in [2.05, 4.69) is 23.7 Å². The van der Waals surface area contributed by atoms with Crippen molar-refractivity contribution < 1.29 is 0 Å². The van der Waals surface area contributed by atoms with Gasteiger partial charge in [-0.2, -0.15) is 0 Å². The van der Waals surface area contributed by atoms with Crippen molar-refractivity contribution in [1.29, 1.82) is 0 Å². The van der Waals surface area contributed by atoms with E-state index in [1.165, 1.54) is 32.1 Å². The summed E-state index contributed by atoms with van der Waals surface area (Å²) in [4.78, 5) is 0. The van der Waals surface area contributed by atoms with Gasteiger partial charge in [0.05, 0.1) is 0 Å². The van der Waals surface area contributed by atoms with Gasteiger partial charge in [0.2, 0.25) is 0 Å². The largest absolute Gasteiger partial charge is 0.103 e. The molecule has 0 radical (unpaired) electrons. The fourth-order valence-corrected chi connectivity index (χ4v) is 2.14. The van der Waals surface area contributed by atoms with Gasteiger partial charge in [-0.3, -0.25) is 0 Å². The van der Waals surface area contributed by atoms with Gasteiger partial charge in [-0.1, -0.05) is 18.3 Å². The van der Waals surface area contributed by atoms with E-state index in [0.717, 1.165) is 12.8 Å². The number of hydrogen-bond donors (Lipinski definition) is 0. The van der Waals surface area contributed by atoms with Gasteiger partial charge in [-0.15, -0.1) is 11.8 Å². The molecule has 0 saturated carbocycles. The molecule has 0 saturated heterocycles. The first-order valence-electron chi connectivity index (χ1n) is 5.43. The van der Waals surface area contributed by atoms with Gasteiger partial charge in [0.1, 0.15) is 0 Å². The predicted molar refractivity (Wildman–Crippen MR) is 54.9 cm³/mol. The molecule has 0 aromatic carbocycles. The van der Waals surface area contributed by atoms with Crippen LogP contribution in [0.3, 0.4) is 0 Å². The SMILES string of the molecule is C1#CC(C2C#CCCC2)CCCC1. The molecule has 0 heteroatoms. The normalized spacial score (nSPS) is 32.0. The summed E-state index contributed by atoms with van der Waals surface area (Å²) >= 11 is 0. The van der Waals surface area contributed by atoms with Crippen molar-refractivity contribution >= 4 is 0 Å². The van der Waals surface area contributed by atoms with Crippen LogP contribution in [0.5, 0.6) is 0 Å². The van der Waals surface area contributed by atoms with E-state index < -0.39 is 0 Å². The highest BCUT2D eigenvalue weighted by Crippen LogP contribution is 2.26. The van der Waals surface area contributed by atoms with E-state index >= 15 is 0 Å². The van der Waals surface area contributed by atoms with Crippen molar-refractivity contribution in [2.24, 2.45) is 11.8 Å². The van der Waals surface area contributed by atoms with Gasteiger partial charge in [-0.05, 0) is 25.7 Å². The summed E-state index contributed by atoms with van der Waals surface area (Å²) in [5, 5.41) is 0. The maximum absolute atomic E-state index is 3.40. The van der Waals surface area contributed by atoms with E-state index in [-0.39, 0.29) is 0 Å². The van der Waals surface area contributed by atoms with Crippen LogP contribution in [0, 0.1) is 35.5 Å². The zero-order valence-electron chi connectivity index (χ0n) is 8.10. The molecule has 13 heavy (non-hydrogen) atoms. The van der Waals surface area contributed by atoms with Gasteiger partial charge in [0.25, 0.3) is 0 Å². The summed E-state index contributed by atoms with van der Waals surface area (Å²) in [5.41, 5.74) is 0. The highest BCUT2D eigenvalue weighted by atomic mass is 14.2. The van der Waals surface area contributed by atoms with E-state index in [4.69, 9.17) is 0 Å². The summed E-state index contributed by atoms with van der Waals surface area (Å²) in [7, 11) is 0. The molecular weight excluding hydrogens is 156 g/mol. The lowest BCUT2D eigenvalue weighted by Gasteiger charge is -2.19. The summed E-state index contributed by atoms with van der Waals surface area (Å²) in [5.74, 6) is 14.5. The standard InChI is InChI=1S/C13H16/c1-2-5-9-12(8-4-1)13-10-6-3-7-11-13/h12-13H,1-4,6,8,10H2. The topological polar surface area (TPSA) is 0 Å². The second kappa shape index (κ2) is 4.38. The van der Waals surface area contributed by atoms with Gasteiger partial charge < -0.3 is 0 Å². The quantitative estimate of drug-likeness (QED) is 0.533. The fourth-order valence-electron chi connectivity index (χ4n) is 2.14. The van der Waals surface area contributed by atoms with Gasteiger partial charge >= 0.3 is 0 Å². The Morgan fingerprint density at radius 1 is 0.692 bits per heavy atom. The van der Waals surface area contributed by atoms with Crippen LogP contribution in [-0.4, -0.2) is 0 Å². The molecule has 68 valence electrons. The number of hydrogen-bond acceptors (Lipinski definition) is 0. The van der Waals surface area contributed by atoms with Crippen molar-refractivity contribution in [3.05, 3.63) is 0 Å². The second-order valence-electron chi connectivity index (χ2n) is 3.99. The minimum Gasteiger partial charge on any atom is -0.103 e. The first-order valence-corrected chi connectivity index (χ1v) is 5.43. The van der Waals surface area contributed by atoms with E-state index in [9.17, 15) is 0 Å². The van der Waals surface area contributed by atoms with E-state index in [0.29, 0.717) is 11.8 Å². The van der Waals surface area contributed by atoms with Gasteiger partial charge in [0, 0.05) is 24.7 Å². The Morgan fingerprint density at radius 3 is 2.00 bits per heavy atom. The molecule has 0 nitrogen and oxygen atoms in total. The summed E-state index contributed by atoms with van der Waals surface area (Å²) < 4.78 is 0. The van der Waals surface area contributed by atoms with Crippen LogP contribution in [-0.2, 0) is 0 Å². The molecule has 0 aromatic rings. The predicted octanol–water partition coefficient (Wildman–Crippen LogP) is 2.98. The molecule has 0 aromatic heterocycles. The average molecular weight is 172 g/mol. The van der Waals surface area contributed by atoms with E-state index in [1.807, 2.05) is 0 Å². The Kier molecular flexibility index (Phi) is 2.94. The van der Waals surface area contributed by atoms with Crippen LogP contribution in [0.2, 0.25) is 0 Å². The molecule has 2 atom stereocenters. The smallest absolute Gasteiger partial charge is 0.0340 e. The van der Waals surface area contributed by atoms with Crippen LogP contribution in [0.1, 0.15) is 44.9 Å². The molecule has 0 N–H and O–H groups in total. The average Bonchev–Trinajstić information content (AvgIpc) is 2.47. The monoisotopic (exact) mass is 172 g/mol. The minimum atomic E-state index is 0.593. The van der Waals surface area contributed by atoms with Crippen molar-refractivity contribution in [1.82, 2.24) is 0 Å². The summed E-state index contributed by atoms with van der Waals surface area (Å²) in [6, 6.07) is 0. The molecule has 2 aliphatic carbocycles. The molecular formula is C13H16. The molecule has 0 bridgehead atoms. The lowest BCUT2D eigenvalue weighted by molar-refractivity contribution is 0.420. The van der Waals surface area contributed by atoms with Crippen LogP contribution < -0.4 is 0 Å². The maximum atomic E-state index is 3.40. The molecule has 2 aliphatic rings. The molecule has 0 heterocycles. The van der Waals surface area contributed by atoms with Crippen molar-refractivity contribution in [2.45, 2.75) is 44.9 Å². The van der Waals surface area contributed by atoms with Crippen molar-refractivity contribution in [2.75, 3.05) is 0 Å². The van der Waals surface area contributed by atoms with Crippen LogP contribution in [0.4, 0.5) is 0 Å². The van der Waals surface area contributed by atoms with Crippen LogP contribution in [0.15, 0.2) is 0 Å². The second-order valence-corrected chi connectivity index (χ2v) is 3.99. The Labute approximate surface area is 81.1 Å². The van der Waals surface area contributed by atoms with Gasteiger partial charge in [0.15, 0.2) is 0 Å². The van der Waals surface area contributed by atoms with Crippen molar-refractivity contribution in [3.63, 3.8) is 0 Å². The van der Waals surface area contributed by atoms with Crippen LogP contribution >= 0.6 is 0 Å². The molecule has 2 unspecified atom stereocenters. The van der Waals surface area contributed by atoms with Crippen molar-refractivity contribution in [3.8, 4) is 23.7 Å². The molecule has 2 rings (SSSR count). The third-order valence-electron chi connectivity index (χ3n) is 2.94.